The van der Waals surface area contributed by atoms with E-state index in [2.05, 4.69) is 35.6 Å². The van der Waals surface area contributed by atoms with Crippen LogP contribution in [0.15, 0.2) is 6.07 Å². The molecule has 0 amide bonds. The third-order valence-corrected chi connectivity index (χ3v) is 3.13. The summed E-state index contributed by atoms with van der Waals surface area (Å²) in [5.74, 6) is 1.98. The molecule has 5 heteroatoms. The quantitative estimate of drug-likeness (QED) is 0.761. The predicted molar refractivity (Wildman–Crippen MR) is 70.5 cm³/mol. The minimum absolute atomic E-state index is 0.372. The highest BCUT2D eigenvalue weighted by Crippen LogP contribution is 2.20. The van der Waals surface area contributed by atoms with Gasteiger partial charge in [0.05, 0.1) is 0 Å². The Kier molecular flexibility index (Phi) is 5.15. The van der Waals surface area contributed by atoms with Gasteiger partial charge >= 0.3 is 0 Å². The molecule has 4 nitrogen and oxygen atoms in total. The SMILES string of the molecule is COCc1nc(Cl)cc(N(C)C(C)C(C)C)n1. The molecule has 0 N–H and O–H groups in total. The van der Waals surface area contributed by atoms with Crippen LogP contribution in [0.1, 0.15) is 26.6 Å². The molecule has 0 aliphatic heterocycles. The Hall–Kier alpha value is -0.870. The van der Waals surface area contributed by atoms with Crippen molar-refractivity contribution in [3.05, 3.63) is 17.0 Å². The van der Waals surface area contributed by atoms with Crippen LogP contribution in [-0.2, 0) is 11.3 Å². The molecule has 17 heavy (non-hydrogen) atoms. The van der Waals surface area contributed by atoms with E-state index in [0.29, 0.717) is 29.5 Å². The Morgan fingerprint density at radius 2 is 2.00 bits per heavy atom. The standard InChI is InChI=1S/C12H20ClN3O/c1-8(2)9(3)16(4)12-6-10(13)14-11(15-12)7-17-5/h6,8-9H,7H2,1-5H3. The maximum absolute atomic E-state index is 5.98. The number of hydrogen-bond donors (Lipinski definition) is 0. The predicted octanol–water partition coefficient (Wildman–Crippen LogP) is 2.76. The van der Waals surface area contributed by atoms with Crippen LogP contribution in [0.2, 0.25) is 5.15 Å². The molecule has 0 radical (unpaired) electrons. The number of ether oxygens (including phenoxy) is 1. The molecule has 0 aromatic carbocycles. The number of methoxy groups -OCH3 is 1. The average Bonchev–Trinajstić information content (AvgIpc) is 2.26. The highest BCUT2D eigenvalue weighted by Gasteiger charge is 2.16. The first kappa shape index (κ1) is 14.2. The van der Waals surface area contributed by atoms with E-state index in [0.717, 1.165) is 5.82 Å². The molecule has 0 aliphatic carbocycles. The summed E-state index contributed by atoms with van der Waals surface area (Å²) in [4.78, 5) is 10.7. The van der Waals surface area contributed by atoms with Crippen molar-refractivity contribution < 1.29 is 4.74 Å². The monoisotopic (exact) mass is 257 g/mol. The van der Waals surface area contributed by atoms with Crippen LogP contribution < -0.4 is 4.90 Å². The van der Waals surface area contributed by atoms with Gasteiger partial charge in [0.2, 0.25) is 0 Å². The number of aromatic nitrogens is 2. The molecule has 0 saturated heterocycles. The van der Waals surface area contributed by atoms with E-state index in [1.165, 1.54) is 0 Å². The van der Waals surface area contributed by atoms with Crippen LogP contribution in [0.25, 0.3) is 0 Å². The number of nitrogens with zero attached hydrogens (tertiary/aromatic N) is 3. The second kappa shape index (κ2) is 6.17. The summed E-state index contributed by atoms with van der Waals surface area (Å²) in [6, 6.07) is 2.16. The lowest BCUT2D eigenvalue weighted by molar-refractivity contribution is 0.178. The summed E-state index contributed by atoms with van der Waals surface area (Å²) >= 11 is 5.98. The molecule has 1 atom stereocenters. The van der Waals surface area contributed by atoms with Crippen molar-refractivity contribution >= 4 is 17.4 Å². The van der Waals surface area contributed by atoms with Crippen molar-refractivity contribution in [1.82, 2.24) is 9.97 Å². The zero-order chi connectivity index (χ0) is 13.0. The first-order chi connectivity index (χ1) is 7.95. The van der Waals surface area contributed by atoms with Crippen molar-refractivity contribution in [2.75, 3.05) is 19.1 Å². The Balaban J connectivity index is 2.96. The fourth-order valence-corrected chi connectivity index (χ4v) is 1.68. The van der Waals surface area contributed by atoms with Crippen molar-refractivity contribution in [2.45, 2.75) is 33.4 Å². The van der Waals surface area contributed by atoms with Crippen LogP contribution in [0, 0.1) is 5.92 Å². The lowest BCUT2D eigenvalue weighted by Crippen LogP contribution is -2.34. The number of rotatable bonds is 5. The minimum Gasteiger partial charge on any atom is -0.377 e. The molecule has 1 rings (SSSR count). The fraction of sp³-hybridized carbons (Fsp3) is 0.667. The van der Waals surface area contributed by atoms with Crippen LogP contribution in [0.4, 0.5) is 5.82 Å². The Morgan fingerprint density at radius 3 is 2.53 bits per heavy atom. The molecule has 96 valence electrons. The van der Waals surface area contributed by atoms with E-state index in [1.54, 1.807) is 13.2 Å². The van der Waals surface area contributed by atoms with Gasteiger partial charge in [-0.05, 0) is 12.8 Å². The normalized spacial score (nSPS) is 12.9. The van der Waals surface area contributed by atoms with Crippen molar-refractivity contribution in [1.29, 1.82) is 0 Å². The van der Waals surface area contributed by atoms with Crippen LogP contribution in [-0.4, -0.2) is 30.2 Å². The van der Waals surface area contributed by atoms with E-state index < -0.39 is 0 Å². The molecule has 1 heterocycles. The van der Waals surface area contributed by atoms with E-state index in [4.69, 9.17) is 16.3 Å². The maximum Gasteiger partial charge on any atom is 0.158 e. The highest BCUT2D eigenvalue weighted by molar-refractivity contribution is 6.29. The van der Waals surface area contributed by atoms with Crippen molar-refractivity contribution in [2.24, 2.45) is 5.92 Å². The van der Waals surface area contributed by atoms with Gasteiger partial charge in [0.25, 0.3) is 0 Å². The van der Waals surface area contributed by atoms with Crippen molar-refractivity contribution in [3.63, 3.8) is 0 Å². The Bertz CT molecular complexity index is 371. The summed E-state index contributed by atoms with van der Waals surface area (Å²) in [6.45, 7) is 6.90. The van der Waals surface area contributed by atoms with Gasteiger partial charge in [-0.25, -0.2) is 9.97 Å². The molecule has 0 aliphatic rings. The molecule has 0 fully saturated rings. The fourth-order valence-electron chi connectivity index (χ4n) is 1.48. The molecule has 0 saturated carbocycles. The highest BCUT2D eigenvalue weighted by atomic mass is 35.5. The molecular formula is C12H20ClN3O. The number of anilines is 1. The van der Waals surface area contributed by atoms with E-state index in [1.807, 2.05) is 7.05 Å². The van der Waals surface area contributed by atoms with Gasteiger partial charge < -0.3 is 9.64 Å². The van der Waals surface area contributed by atoms with Gasteiger partial charge in [0, 0.05) is 26.3 Å². The Labute approximate surface area is 108 Å². The van der Waals surface area contributed by atoms with Gasteiger partial charge in [0.15, 0.2) is 5.82 Å². The summed E-state index contributed by atoms with van der Waals surface area (Å²) in [7, 11) is 3.63. The molecule has 0 spiro atoms. The molecule has 1 aromatic heterocycles. The van der Waals surface area contributed by atoms with E-state index >= 15 is 0 Å². The van der Waals surface area contributed by atoms with Gasteiger partial charge in [-0.1, -0.05) is 25.4 Å². The minimum atomic E-state index is 0.372. The van der Waals surface area contributed by atoms with Gasteiger partial charge in [-0.2, -0.15) is 0 Å². The van der Waals surface area contributed by atoms with Gasteiger partial charge in [-0.3, -0.25) is 0 Å². The molecular weight excluding hydrogens is 238 g/mol. The first-order valence-corrected chi connectivity index (χ1v) is 6.08. The zero-order valence-electron chi connectivity index (χ0n) is 11.1. The largest absolute Gasteiger partial charge is 0.377 e. The van der Waals surface area contributed by atoms with E-state index in [9.17, 15) is 0 Å². The van der Waals surface area contributed by atoms with E-state index in [-0.39, 0.29) is 0 Å². The average molecular weight is 258 g/mol. The van der Waals surface area contributed by atoms with Gasteiger partial charge in [0.1, 0.15) is 17.6 Å². The lowest BCUT2D eigenvalue weighted by Gasteiger charge is -2.29. The number of halogens is 1. The summed E-state index contributed by atoms with van der Waals surface area (Å²) in [5, 5.41) is 0.449. The van der Waals surface area contributed by atoms with Crippen LogP contribution in [0.3, 0.4) is 0 Å². The van der Waals surface area contributed by atoms with Crippen molar-refractivity contribution in [3.8, 4) is 0 Å². The molecule has 1 aromatic rings. The smallest absolute Gasteiger partial charge is 0.158 e. The molecule has 1 unspecified atom stereocenters. The maximum atomic E-state index is 5.98. The van der Waals surface area contributed by atoms with Crippen LogP contribution in [0.5, 0.6) is 0 Å². The first-order valence-electron chi connectivity index (χ1n) is 5.71. The second-order valence-corrected chi connectivity index (χ2v) is 4.88. The topological polar surface area (TPSA) is 38.2 Å². The lowest BCUT2D eigenvalue weighted by atomic mass is 10.1. The zero-order valence-corrected chi connectivity index (χ0v) is 11.8. The third-order valence-electron chi connectivity index (χ3n) is 2.94. The summed E-state index contributed by atoms with van der Waals surface area (Å²) in [5.41, 5.74) is 0. The molecule has 0 bridgehead atoms. The second-order valence-electron chi connectivity index (χ2n) is 4.49. The summed E-state index contributed by atoms with van der Waals surface area (Å²) in [6.07, 6.45) is 0. The van der Waals surface area contributed by atoms with Gasteiger partial charge in [-0.15, -0.1) is 0 Å². The number of hydrogen-bond acceptors (Lipinski definition) is 4. The summed E-state index contributed by atoms with van der Waals surface area (Å²) < 4.78 is 5.02. The Morgan fingerprint density at radius 1 is 1.35 bits per heavy atom. The van der Waals surface area contributed by atoms with Crippen LogP contribution >= 0.6 is 11.6 Å². The third kappa shape index (κ3) is 3.82.